The number of ether oxygens (including phenoxy) is 1. The number of anilines is 1. The average molecular weight is 525 g/mol. The maximum absolute atomic E-state index is 13.1. The Hall–Kier alpha value is -3.26. The normalized spacial score (nSPS) is 20.1. The van der Waals surface area contributed by atoms with Crippen molar-refractivity contribution in [3.63, 3.8) is 0 Å². The lowest BCUT2D eigenvalue weighted by molar-refractivity contribution is -0.159. The molecule has 1 saturated heterocycles. The number of carbonyl (C=O) groups excluding carboxylic acids is 4. The van der Waals surface area contributed by atoms with Gasteiger partial charge in [0.2, 0.25) is 11.8 Å². The van der Waals surface area contributed by atoms with E-state index in [4.69, 9.17) is 4.74 Å². The first-order valence-corrected chi connectivity index (χ1v) is 11.9. The Kier molecular flexibility index (Phi) is 7.26. The van der Waals surface area contributed by atoms with Crippen LogP contribution in [-0.4, -0.2) is 41.2 Å². The van der Waals surface area contributed by atoms with E-state index < -0.39 is 36.4 Å². The summed E-state index contributed by atoms with van der Waals surface area (Å²) in [5, 5.41) is 2.72. The van der Waals surface area contributed by atoms with E-state index in [1.165, 1.54) is 0 Å². The van der Waals surface area contributed by atoms with Gasteiger partial charge in [-0.05, 0) is 49.1 Å². The Morgan fingerprint density at radius 1 is 1.06 bits per heavy atom. The molecule has 1 N–H and O–H groups in total. The third-order valence-corrected chi connectivity index (χ3v) is 6.70. The Bertz CT molecular complexity index is 1120. The lowest BCUT2D eigenvalue weighted by atomic mass is 9.85. The minimum atomic E-state index is -1.13. The molecular weight excluding hydrogens is 500 g/mol. The molecule has 0 saturated carbocycles. The minimum absolute atomic E-state index is 0.122. The number of allylic oxidation sites excluding steroid dienone is 2. The number of nitrogens with one attached hydrogen (secondary N) is 1. The molecule has 0 aromatic heterocycles. The third-order valence-electron chi connectivity index (χ3n) is 6.21. The standard InChI is InChI=1S/C26H25BrN2O5/c1-16-13-18(27)11-12-21(16)28-23(30)15-34-26(33)22(14-17-7-3-2-4-8-17)29-24(31)19-9-5-6-10-20(19)25(29)32/h2-8,11-13,19-20,22H,9-10,14-15H2,1H3,(H,28,30)/t19-,20+,22-/m0/s1. The molecule has 0 spiro atoms. The van der Waals surface area contributed by atoms with Gasteiger partial charge >= 0.3 is 5.97 Å². The molecule has 1 fully saturated rings. The summed E-state index contributed by atoms with van der Waals surface area (Å²) in [4.78, 5) is 52.8. The number of esters is 1. The zero-order valence-corrected chi connectivity index (χ0v) is 20.3. The highest BCUT2D eigenvalue weighted by molar-refractivity contribution is 9.10. The lowest BCUT2D eigenvalue weighted by Crippen LogP contribution is -2.48. The molecule has 8 heteroatoms. The van der Waals surface area contributed by atoms with E-state index in [0.717, 1.165) is 20.5 Å². The molecule has 1 aliphatic carbocycles. The van der Waals surface area contributed by atoms with Crippen molar-refractivity contribution in [3.8, 4) is 0 Å². The van der Waals surface area contributed by atoms with Crippen LogP contribution in [0.2, 0.25) is 0 Å². The van der Waals surface area contributed by atoms with Crippen molar-refractivity contribution in [2.45, 2.75) is 32.2 Å². The predicted molar refractivity (Wildman–Crippen MR) is 130 cm³/mol. The molecule has 176 valence electrons. The zero-order chi connectivity index (χ0) is 24.2. The molecule has 34 heavy (non-hydrogen) atoms. The SMILES string of the molecule is Cc1cc(Br)ccc1NC(=O)COC(=O)[C@H](Cc1ccccc1)N1C(=O)[C@H]2CC=CC[C@H]2C1=O. The second kappa shape index (κ2) is 10.3. The number of fused-ring (bicyclic) bond motifs is 1. The summed E-state index contributed by atoms with van der Waals surface area (Å²) in [6, 6.07) is 13.4. The number of halogens is 1. The van der Waals surface area contributed by atoms with Crippen LogP contribution in [-0.2, 0) is 30.3 Å². The molecule has 2 aliphatic rings. The number of nitrogens with zero attached hydrogens (tertiary/aromatic N) is 1. The van der Waals surface area contributed by atoms with Gasteiger partial charge in [0.1, 0.15) is 6.04 Å². The number of hydrogen-bond donors (Lipinski definition) is 1. The molecule has 3 amide bonds. The highest BCUT2D eigenvalue weighted by Gasteiger charge is 2.51. The van der Waals surface area contributed by atoms with Gasteiger partial charge < -0.3 is 10.1 Å². The molecule has 3 atom stereocenters. The number of likely N-dealkylation sites (tertiary alicyclic amines) is 1. The molecule has 0 radical (unpaired) electrons. The fraction of sp³-hybridized carbons (Fsp3) is 0.308. The van der Waals surface area contributed by atoms with E-state index in [2.05, 4.69) is 21.2 Å². The van der Waals surface area contributed by atoms with Crippen LogP contribution in [0.15, 0.2) is 65.2 Å². The first-order chi connectivity index (χ1) is 16.3. The molecule has 0 unspecified atom stereocenters. The van der Waals surface area contributed by atoms with Gasteiger partial charge in [0, 0.05) is 16.6 Å². The largest absolute Gasteiger partial charge is 0.454 e. The van der Waals surface area contributed by atoms with Gasteiger partial charge in [0.25, 0.3) is 5.91 Å². The summed E-state index contributed by atoms with van der Waals surface area (Å²) >= 11 is 3.37. The van der Waals surface area contributed by atoms with E-state index >= 15 is 0 Å². The number of benzene rings is 2. The first-order valence-electron chi connectivity index (χ1n) is 11.1. The Morgan fingerprint density at radius 2 is 1.71 bits per heavy atom. The molecular formula is C26H25BrN2O5. The Labute approximate surface area is 206 Å². The van der Waals surface area contributed by atoms with Crippen LogP contribution in [0.25, 0.3) is 0 Å². The summed E-state index contributed by atoms with van der Waals surface area (Å²) in [5.41, 5.74) is 2.24. The quantitative estimate of drug-likeness (QED) is 0.337. The van der Waals surface area contributed by atoms with Gasteiger partial charge in [-0.3, -0.25) is 19.3 Å². The number of rotatable bonds is 7. The van der Waals surface area contributed by atoms with Crippen molar-refractivity contribution in [3.05, 3.63) is 76.3 Å². The van der Waals surface area contributed by atoms with E-state index in [1.807, 2.05) is 55.5 Å². The van der Waals surface area contributed by atoms with Gasteiger partial charge in [0.05, 0.1) is 11.8 Å². The van der Waals surface area contributed by atoms with Crippen LogP contribution >= 0.6 is 15.9 Å². The van der Waals surface area contributed by atoms with Gasteiger partial charge in [0.15, 0.2) is 6.61 Å². The van der Waals surface area contributed by atoms with Crippen molar-refractivity contribution in [2.24, 2.45) is 11.8 Å². The predicted octanol–water partition coefficient (Wildman–Crippen LogP) is 3.80. The summed E-state index contributed by atoms with van der Waals surface area (Å²) < 4.78 is 6.20. The second-order valence-corrected chi connectivity index (χ2v) is 9.44. The van der Waals surface area contributed by atoms with Crippen LogP contribution in [0.4, 0.5) is 5.69 Å². The van der Waals surface area contributed by atoms with E-state index in [0.29, 0.717) is 18.5 Å². The van der Waals surface area contributed by atoms with Crippen LogP contribution < -0.4 is 5.32 Å². The van der Waals surface area contributed by atoms with E-state index in [1.54, 1.807) is 12.1 Å². The summed E-state index contributed by atoms with van der Waals surface area (Å²) in [6.07, 6.45) is 4.88. The summed E-state index contributed by atoms with van der Waals surface area (Å²) in [7, 11) is 0. The van der Waals surface area contributed by atoms with Gasteiger partial charge in [-0.2, -0.15) is 0 Å². The van der Waals surface area contributed by atoms with Crippen molar-refractivity contribution in [1.29, 1.82) is 0 Å². The molecule has 1 aliphatic heterocycles. The number of carbonyl (C=O) groups is 4. The Morgan fingerprint density at radius 3 is 2.32 bits per heavy atom. The molecule has 2 aromatic rings. The van der Waals surface area contributed by atoms with E-state index in [-0.39, 0.29) is 18.2 Å². The van der Waals surface area contributed by atoms with Crippen LogP contribution in [0.5, 0.6) is 0 Å². The zero-order valence-electron chi connectivity index (χ0n) is 18.7. The molecule has 4 rings (SSSR count). The molecule has 2 aromatic carbocycles. The van der Waals surface area contributed by atoms with Crippen LogP contribution in [0.1, 0.15) is 24.0 Å². The monoisotopic (exact) mass is 524 g/mol. The third kappa shape index (κ3) is 5.12. The summed E-state index contributed by atoms with van der Waals surface area (Å²) in [5.74, 6) is -2.90. The van der Waals surface area contributed by atoms with Gasteiger partial charge in [-0.1, -0.05) is 58.4 Å². The van der Waals surface area contributed by atoms with Crippen molar-refractivity contribution in [2.75, 3.05) is 11.9 Å². The topological polar surface area (TPSA) is 92.8 Å². The number of hydrogen-bond acceptors (Lipinski definition) is 5. The number of aryl methyl sites for hydroxylation is 1. The smallest absolute Gasteiger partial charge is 0.330 e. The number of amides is 3. The van der Waals surface area contributed by atoms with E-state index in [9.17, 15) is 19.2 Å². The van der Waals surface area contributed by atoms with Crippen molar-refractivity contribution in [1.82, 2.24) is 4.90 Å². The van der Waals surface area contributed by atoms with Crippen LogP contribution in [0, 0.1) is 18.8 Å². The fourth-order valence-corrected chi connectivity index (χ4v) is 4.91. The van der Waals surface area contributed by atoms with Gasteiger partial charge in [-0.25, -0.2) is 4.79 Å². The molecule has 0 bridgehead atoms. The maximum Gasteiger partial charge on any atom is 0.330 e. The Balaban J connectivity index is 1.48. The molecule has 7 nitrogen and oxygen atoms in total. The van der Waals surface area contributed by atoms with Crippen LogP contribution in [0.3, 0.4) is 0 Å². The average Bonchev–Trinajstić information content (AvgIpc) is 3.08. The van der Waals surface area contributed by atoms with Crippen molar-refractivity contribution < 1.29 is 23.9 Å². The highest BCUT2D eigenvalue weighted by atomic mass is 79.9. The second-order valence-electron chi connectivity index (χ2n) is 8.52. The lowest BCUT2D eigenvalue weighted by Gasteiger charge is -2.25. The molecule has 1 heterocycles. The van der Waals surface area contributed by atoms with Crippen molar-refractivity contribution >= 4 is 45.3 Å². The highest BCUT2D eigenvalue weighted by Crippen LogP contribution is 2.36. The first kappa shape index (κ1) is 23.9. The maximum atomic E-state index is 13.1. The number of imide groups is 1. The summed E-state index contributed by atoms with van der Waals surface area (Å²) in [6.45, 7) is 1.32. The fourth-order valence-electron chi connectivity index (χ4n) is 4.44. The minimum Gasteiger partial charge on any atom is -0.454 e. The van der Waals surface area contributed by atoms with Gasteiger partial charge in [-0.15, -0.1) is 0 Å².